The van der Waals surface area contributed by atoms with Crippen molar-refractivity contribution in [3.8, 4) is 0 Å². The Kier molecular flexibility index (Phi) is 9.29. The van der Waals surface area contributed by atoms with Crippen LogP contribution in [-0.2, 0) is 23.8 Å². The Morgan fingerprint density at radius 1 is 1.12 bits per heavy atom. The van der Waals surface area contributed by atoms with E-state index in [-0.39, 0.29) is 47.5 Å². The SMILES string of the molecule is C[C@@H](CF)CCC[C@@H](C)C1C(OS(C)(=O)=O)CC2C3CC=C4CC(OC(=O)C(C)(C)C)CCC4(C)C3CCC21C. The van der Waals surface area contributed by atoms with Crippen LogP contribution in [0.5, 0.6) is 0 Å². The average molecular weight is 583 g/mol. The van der Waals surface area contributed by atoms with Crippen molar-refractivity contribution in [3.63, 3.8) is 0 Å². The molecule has 0 amide bonds. The highest BCUT2D eigenvalue weighted by Gasteiger charge is 2.62. The van der Waals surface area contributed by atoms with Crippen molar-refractivity contribution in [2.24, 2.45) is 51.8 Å². The van der Waals surface area contributed by atoms with Crippen LogP contribution in [0.15, 0.2) is 11.6 Å². The molecule has 4 aliphatic rings. The number of carbonyl (C=O) groups is 1. The van der Waals surface area contributed by atoms with Crippen LogP contribution in [0.3, 0.4) is 0 Å². The molecule has 0 aromatic heterocycles. The van der Waals surface area contributed by atoms with Crippen LogP contribution in [0, 0.1) is 51.8 Å². The van der Waals surface area contributed by atoms with E-state index in [1.54, 1.807) is 0 Å². The molecule has 3 saturated carbocycles. The van der Waals surface area contributed by atoms with Gasteiger partial charge in [-0.2, -0.15) is 8.42 Å². The van der Waals surface area contributed by atoms with Gasteiger partial charge in [0.05, 0.1) is 24.4 Å². The Bertz CT molecular complexity index is 1060. The maximum Gasteiger partial charge on any atom is 0.311 e. The molecule has 0 radical (unpaired) electrons. The summed E-state index contributed by atoms with van der Waals surface area (Å²) in [5, 5.41) is 0. The van der Waals surface area contributed by atoms with Crippen LogP contribution in [-0.4, -0.2) is 39.5 Å². The first-order valence-corrected chi connectivity index (χ1v) is 17.7. The van der Waals surface area contributed by atoms with E-state index in [1.807, 2.05) is 27.7 Å². The summed E-state index contributed by atoms with van der Waals surface area (Å²) in [6.45, 7) is 14.5. The molecular weight excluding hydrogens is 527 g/mol. The Balaban J connectivity index is 1.55. The third kappa shape index (κ3) is 6.35. The van der Waals surface area contributed by atoms with Crippen molar-refractivity contribution >= 4 is 16.1 Å². The Labute approximate surface area is 243 Å². The normalized spacial score (nSPS) is 39.4. The zero-order valence-corrected chi connectivity index (χ0v) is 27.1. The molecular formula is C33H55FO5S. The quantitative estimate of drug-likeness (QED) is 0.157. The minimum atomic E-state index is -3.57. The Morgan fingerprint density at radius 3 is 2.45 bits per heavy atom. The van der Waals surface area contributed by atoms with Crippen molar-refractivity contribution in [1.82, 2.24) is 0 Å². The predicted octanol–water partition coefficient (Wildman–Crippen LogP) is 7.89. The molecule has 4 rings (SSSR count). The zero-order valence-electron chi connectivity index (χ0n) is 26.3. The van der Waals surface area contributed by atoms with Crippen LogP contribution in [0.25, 0.3) is 0 Å². The summed E-state index contributed by atoms with van der Waals surface area (Å²) in [7, 11) is -3.57. The van der Waals surface area contributed by atoms with Gasteiger partial charge in [-0.25, -0.2) is 0 Å². The van der Waals surface area contributed by atoms with E-state index < -0.39 is 15.5 Å². The average Bonchev–Trinajstić information content (AvgIpc) is 3.13. The van der Waals surface area contributed by atoms with Gasteiger partial charge in [0.1, 0.15) is 6.10 Å². The van der Waals surface area contributed by atoms with Gasteiger partial charge < -0.3 is 4.74 Å². The number of esters is 1. The number of rotatable bonds is 9. The lowest BCUT2D eigenvalue weighted by molar-refractivity contribution is -0.161. The number of alkyl halides is 1. The van der Waals surface area contributed by atoms with E-state index >= 15 is 0 Å². The maximum absolute atomic E-state index is 13.1. The second-order valence-electron chi connectivity index (χ2n) is 15.6. The van der Waals surface area contributed by atoms with Gasteiger partial charge in [-0.05, 0) is 112 Å². The summed E-state index contributed by atoms with van der Waals surface area (Å²) in [6.07, 6.45) is 12.9. The summed E-state index contributed by atoms with van der Waals surface area (Å²) in [5.74, 6) is 1.95. The molecule has 0 aromatic rings. The van der Waals surface area contributed by atoms with Crippen molar-refractivity contribution < 1.29 is 26.5 Å². The predicted molar refractivity (Wildman–Crippen MR) is 158 cm³/mol. The van der Waals surface area contributed by atoms with Crippen LogP contribution in [0.2, 0.25) is 0 Å². The number of halogens is 1. The van der Waals surface area contributed by atoms with Crippen molar-refractivity contribution in [3.05, 3.63) is 11.6 Å². The first kappa shape index (κ1) is 32.0. The fourth-order valence-corrected chi connectivity index (χ4v) is 10.1. The lowest BCUT2D eigenvalue weighted by atomic mass is 9.47. The van der Waals surface area contributed by atoms with Gasteiger partial charge in [-0.3, -0.25) is 13.4 Å². The van der Waals surface area contributed by atoms with Gasteiger partial charge in [0, 0.05) is 6.42 Å². The van der Waals surface area contributed by atoms with Gasteiger partial charge in [0.25, 0.3) is 10.1 Å². The lowest BCUT2D eigenvalue weighted by Gasteiger charge is -2.58. The first-order valence-electron chi connectivity index (χ1n) is 15.8. The molecule has 0 heterocycles. The second-order valence-corrected chi connectivity index (χ2v) is 17.2. The van der Waals surface area contributed by atoms with E-state index in [9.17, 15) is 17.6 Å². The van der Waals surface area contributed by atoms with Crippen molar-refractivity contribution in [1.29, 1.82) is 0 Å². The highest BCUT2D eigenvalue weighted by molar-refractivity contribution is 7.86. The van der Waals surface area contributed by atoms with Crippen LogP contribution in [0.1, 0.15) is 113 Å². The topological polar surface area (TPSA) is 69.7 Å². The highest BCUT2D eigenvalue weighted by Crippen LogP contribution is 2.68. The van der Waals surface area contributed by atoms with E-state index in [2.05, 4.69) is 26.8 Å². The molecule has 10 atom stereocenters. The maximum atomic E-state index is 13.1. The summed E-state index contributed by atoms with van der Waals surface area (Å²) in [4.78, 5) is 12.6. The molecule has 0 aliphatic heterocycles. The van der Waals surface area contributed by atoms with Crippen LogP contribution >= 0.6 is 0 Å². The number of hydrogen-bond acceptors (Lipinski definition) is 5. The van der Waals surface area contributed by atoms with E-state index in [0.29, 0.717) is 23.7 Å². The third-order valence-electron chi connectivity index (χ3n) is 11.6. The highest BCUT2D eigenvalue weighted by atomic mass is 32.2. The van der Waals surface area contributed by atoms with Gasteiger partial charge in [0.15, 0.2) is 0 Å². The minimum absolute atomic E-state index is 0.0305. The van der Waals surface area contributed by atoms with Gasteiger partial charge in [-0.1, -0.05) is 52.2 Å². The number of allylic oxidation sites excluding steroid dienone is 1. The third-order valence-corrected chi connectivity index (χ3v) is 12.2. The van der Waals surface area contributed by atoms with E-state index in [1.165, 1.54) is 11.8 Å². The Hall–Kier alpha value is -0.950. The van der Waals surface area contributed by atoms with Gasteiger partial charge >= 0.3 is 5.97 Å². The summed E-state index contributed by atoms with van der Waals surface area (Å²) in [6, 6.07) is 0. The summed E-state index contributed by atoms with van der Waals surface area (Å²) in [5.41, 5.74) is 1.10. The summed E-state index contributed by atoms with van der Waals surface area (Å²) < 4.78 is 49.7. The number of hydrogen-bond donors (Lipinski definition) is 0. The van der Waals surface area contributed by atoms with E-state index in [0.717, 1.165) is 64.2 Å². The molecule has 4 aliphatic carbocycles. The summed E-state index contributed by atoms with van der Waals surface area (Å²) >= 11 is 0. The smallest absolute Gasteiger partial charge is 0.311 e. The zero-order chi connectivity index (χ0) is 29.7. The number of fused-ring (bicyclic) bond motifs is 5. The van der Waals surface area contributed by atoms with E-state index in [4.69, 9.17) is 8.92 Å². The second kappa shape index (κ2) is 11.6. The molecule has 0 aromatic carbocycles. The fourth-order valence-electron chi connectivity index (χ4n) is 9.47. The van der Waals surface area contributed by atoms with Crippen molar-refractivity contribution in [2.45, 2.75) is 125 Å². The largest absolute Gasteiger partial charge is 0.462 e. The number of ether oxygens (including phenoxy) is 1. The van der Waals surface area contributed by atoms with Crippen LogP contribution in [0.4, 0.5) is 4.39 Å². The first-order chi connectivity index (χ1) is 18.5. The standard InChI is InChI=1S/C33H55FO5S/c1-21(20-34)10-9-11-22(2)29-28(39-40(8,36)37)19-27-25-13-12-23-18-24(38-30(35)31(3,4)5)14-16-32(23,6)26(25)15-17-33(27,29)7/h12,21-22,24-29H,9-11,13-20H2,1-8H3/t21-,22-,24?,25?,26?,27?,28?,29?,32?,33?/m1/s1. The Morgan fingerprint density at radius 2 is 1.82 bits per heavy atom. The molecule has 0 bridgehead atoms. The fraction of sp³-hybridized carbons (Fsp3) is 0.909. The molecule has 8 unspecified atom stereocenters. The molecule has 230 valence electrons. The number of carbonyl (C=O) groups excluding carboxylic acids is 1. The molecule has 0 N–H and O–H groups in total. The van der Waals surface area contributed by atoms with Crippen molar-refractivity contribution in [2.75, 3.05) is 12.9 Å². The monoisotopic (exact) mass is 582 g/mol. The molecule has 0 saturated heterocycles. The molecule has 0 spiro atoms. The molecule has 5 nitrogen and oxygen atoms in total. The molecule has 40 heavy (non-hydrogen) atoms. The van der Waals surface area contributed by atoms with Gasteiger partial charge in [-0.15, -0.1) is 0 Å². The molecule has 7 heteroatoms. The van der Waals surface area contributed by atoms with Crippen LogP contribution < -0.4 is 0 Å². The van der Waals surface area contributed by atoms with Gasteiger partial charge in [0.2, 0.25) is 0 Å². The molecule has 3 fully saturated rings. The minimum Gasteiger partial charge on any atom is -0.462 e. The lowest BCUT2D eigenvalue weighted by Crippen LogP contribution is -2.51.